The fourth-order valence-corrected chi connectivity index (χ4v) is 2.72. The van der Waals surface area contributed by atoms with Crippen LogP contribution in [0.15, 0.2) is 48.5 Å². The highest BCUT2D eigenvalue weighted by atomic mass is 16.5. The smallest absolute Gasteiger partial charge is 0.127 e. The molecule has 1 heterocycles. The van der Waals surface area contributed by atoms with Crippen LogP contribution in [0.3, 0.4) is 0 Å². The summed E-state index contributed by atoms with van der Waals surface area (Å²) in [5, 5.41) is 10.3. The van der Waals surface area contributed by atoms with E-state index in [1.54, 1.807) is 7.11 Å². The SMILES string of the molecule is COCc1ccccc1C1C[C@H](O)c2ccccc2O1. The van der Waals surface area contributed by atoms with Crippen LogP contribution in [0.1, 0.15) is 35.3 Å². The zero-order chi connectivity index (χ0) is 13.9. The van der Waals surface area contributed by atoms with Crippen molar-refractivity contribution in [2.24, 2.45) is 0 Å². The molecule has 0 aliphatic carbocycles. The quantitative estimate of drug-likeness (QED) is 0.929. The summed E-state index contributed by atoms with van der Waals surface area (Å²) in [6, 6.07) is 15.7. The molecule has 1 unspecified atom stereocenters. The van der Waals surface area contributed by atoms with Crippen LogP contribution in [0.5, 0.6) is 5.75 Å². The molecule has 0 bridgehead atoms. The maximum Gasteiger partial charge on any atom is 0.127 e. The number of ether oxygens (including phenoxy) is 2. The molecule has 1 N–H and O–H groups in total. The summed E-state index contributed by atoms with van der Waals surface area (Å²) in [5.41, 5.74) is 3.06. The van der Waals surface area contributed by atoms with Crippen molar-refractivity contribution in [3.63, 3.8) is 0 Å². The summed E-state index contributed by atoms with van der Waals surface area (Å²) in [4.78, 5) is 0. The second-order valence-electron chi connectivity index (χ2n) is 5.03. The van der Waals surface area contributed by atoms with Gasteiger partial charge in [-0.2, -0.15) is 0 Å². The van der Waals surface area contributed by atoms with Crippen LogP contribution in [0.25, 0.3) is 0 Å². The molecular formula is C17H18O3. The zero-order valence-electron chi connectivity index (χ0n) is 11.5. The monoisotopic (exact) mass is 270 g/mol. The summed E-state index contributed by atoms with van der Waals surface area (Å²) in [5.74, 6) is 0.767. The largest absolute Gasteiger partial charge is 0.485 e. The van der Waals surface area contributed by atoms with Crippen molar-refractivity contribution in [1.29, 1.82) is 0 Å². The Bertz CT molecular complexity index is 594. The van der Waals surface area contributed by atoms with E-state index in [0.717, 1.165) is 22.4 Å². The molecule has 1 aliphatic heterocycles. The lowest BCUT2D eigenvalue weighted by atomic mass is 9.92. The van der Waals surface area contributed by atoms with E-state index in [-0.39, 0.29) is 6.10 Å². The number of rotatable bonds is 3. The molecule has 104 valence electrons. The zero-order valence-corrected chi connectivity index (χ0v) is 11.5. The molecule has 0 aromatic heterocycles. The lowest BCUT2D eigenvalue weighted by Crippen LogP contribution is -2.20. The summed E-state index contributed by atoms with van der Waals surface area (Å²) in [7, 11) is 1.68. The molecule has 0 saturated carbocycles. The molecule has 3 nitrogen and oxygen atoms in total. The van der Waals surface area contributed by atoms with Gasteiger partial charge < -0.3 is 14.6 Å². The van der Waals surface area contributed by atoms with Gasteiger partial charge in [0.15, 0.2) is 0 Å². The van der Waals surface area contributed by atoms with E-state index in [0.29, 0.717) is 13.0 Å². The van der Waals surface area contributed by atoms with Gasteiger partial charge in [-0.25, -0.2) is 0 Å². The maximum atomic E-state index is 10.3. The van der Waals surface area contributed by atoms with Crippen molar-refractivity contribution in [1.82, 2.24) is 0 Å². The van der Waals surface area contributed by atoms with E-state index in [1.807, 2.05) is 48.5 Å². The Kier molecular flexibility index (Phi) is 3.72. The first kappa shape index (κ1) is 13.2. The third-order valence-electron chi connectivity index (χ3n) is 3.69. The third-order valence-corrected chi connectivity index (χ3v) is 3.69. The average molecular weight is 270 g/mol. The molecule has 2 atom stereocenters. The minimum atomic E-state index is -0.486. The molecule has 0 radical (unpaired) electrons. The van der Waals surface area contributed by atoms with E-state index >= 15 is 0 Å². The van der Waals surface area contributed by atoms with Crippen LogP contribution in [0.4, 0.5) is 0 Å². The molecule has 0 spiro atoms. The van der Waals surface area contributed by atoms with Crippen molar-refractivity contribution >= 4 is 0 Å². The van der Waals surface area contributed by atoms with Crippen molar-refractivity contribution < 1.29 is 14.6 Å². The number of benzene rings is 2. The number of methoxy groups -OCH3 is 1. The van der Waals surface area contributed by atoms with Crippen LogP contribution in [0.2, 0.25) is 0 Å². The molecule has 2 aromatic rings. The highest BCUT2D eigenvalue weighted by Crippen LogP contribution is 2.41. The molecular weight excluding hydrogens is 252 g/mol. The van der Waals surface area contributed by atoms with E-state index in [9.17, 15) is 5.11 Å². The van der Waals surface area contributed by atoms with Gasteiger partial charge in [0.1, 0.15) is 11.9 Å². The minimum absolute atomic E-state index is 0.133. The second-order valence-corrected chi connectivity index (χ2v) is 5.03. The van der Waals surface area contributed by atoms with Gasteiger partial charge in [-0.15, -0.1) is 0 Å². The first-order valence-electron chi connectivity index (χ1n) is 6.80. The lowest BCUT2D eigenvalue weighted by Gasteiger charge is -2.30. The number of hydrogen-bond donors (Lipinski definition) is 1. The fourth-order valence-electron chi connectivity index (χ4n) is 2.72. The molecule has 20 heavy (non-hydrogen) atoms. The van der Waals surface area contributed by atoms with Crippen molar-refractivity contribution in [2.75, 3.05) is 7.11 Å². The molecule has 0 fully saturated rings. The van der Waals surface area contributed by atoms with E-state index < -0.39 is 6.10 Å². The highest BCUT2D eigenvalue weighted by Gasteiger charge is 2.28. The van der Waals surface area contributed by atoms with Crippen LogP contribution < -0.4 is 4.74 Å². The van der Waals surface area contributed by atoms with Crippen LogP contribution in [-0.4, -0.2) is 12.2 Å². The van der Waals surface area contributed by atoms with Gasteiger partial charge >= 0.3 is 0 Å². The van der Waals surface area contributed by atoms with E-state index in [2.05, 4.69) is 0 Å². The standard InChI is InChI=1S/C17H18O3/c1-19-11-12-6-2-3-7-13(12)17-10-15(18)14-8-4-5-9-16(14)20-17/h2-9,15,17-18H,10-11H2,1H3/t15-,17?/m0/s1. The topological polar surface area (TPSA) is 38.7 Å². The predicted molar refractivity (Wildman–Crippen MR) is 76.5 cm³/mol. The predicted octanol–water partition coefficient (Wildman–Crippen LogP) is 3.39. The summed E-state index contributed by atoms with van der Waals surface area (Å²) in [6.45, 7) is 0.549. The second kappa shape index (κ2) is 5.65. The molecule has 0 saturated heterocycles. The Labute approximate surface area is 118 Å². The Morgan fingerprint density at radius 3 is 2.60 bits per heavy atom. The van der Waals surface area contributed by atoms with Crippen molar-refractivity contribution in [3.05, 3.63) is 65.2 Å². The van der Waals surface area contributed by atoms with Crippen LogP contribution in [0, 0.1) is 0 Å². The Morgan fingerprint density at radius 2 is 1.80 bits per heavy atom. The molecule has 3 rings (SSSR count). The summed E-state index contributed by atoms with van der Waals surface area (Å²) < 4.78 is 11.3. The third kappa shape index (κ3) is 2.42. The molecule has 1 aliphatic rings. The van der Waals surface area contributed by atoms with Gasteiger partial charge in [0.05, 0.1) is 12.7 Å². The number of para-hydroxylation sites is 1. The fraction of sp³-hybridized carbons (Fsp3) is 0.294. The summed E-state index contributed by atoms with van der Waals surface area (Å²) >= 11 is 0. The Hall–Kier alpha value is -1.84. The average Bonchev–Trinajstić information content (AvgIpc) is 2.48. The highest BCUT2D eigenvalue weighted by molar-refractivity contribution is 5.39. The Balaban J connectivity index is 1.94. The number of fused-ring (bicyclic) bond motifs is 1. The lowest BCUT2D eigenvalue weighted by molar-refractivity contribution is 0.0642. The van der Waals surface area contributed by atoms with Gasteiger partial charge in [-0.05, 0) is 17.2 Å². The van der Waals surface area contributed by atoms with Gasteiger partial charge in [0, 0.05) is 19.1 Å². The van der Waals surface area contributed by atoms with Crippen molar-refractivity contribution in [2.45, 2.75) is 25.2 Å². The first-order chi connectivity index (χ1) is 9.79. The Morgan fingerprint density at radius 1 is 1.10 bits per heavy atom. The molecule has 2 aromatic carbocycles. The summed E-state index contributed by atoms with van der Waals surface area (Å²) in [6.07, 6.45) is -0.0515. The number of aliphatic hydroxyl groups excluding tert-OH is 1. The molecule has 0 amide bonds. The number of hydrogen-bond acceptors (Lipinski definition) is 3. The van der Waals surface area contributed by atoms with Crippen molar-refractivity contribution in [3.8, 4) is 5.75 Å². The number of aliphatic hydroxyl groups is 1. The van der Waals surface area contributed by atoms with E-state index in [4.69, 9.17) is 9.47 Å². The van der Waals surface area contributed by atoms with Gasteiger partial charge in [-0.1, -0.05) is 42.5 Å². The van der Waals surface area contributed by atoms with Gasteiger partial charge in [-0.3, -0.25) is 0 Å². The van der Waals surface area contributed by atoms with Gasteiger partial charge in [0.25, 0.3) is 0 Å². The van der Waals surface area contributed by atoms with E-state index in [1.165, 1.54) is 0 Å². The van der Waals surface area contributed by atoms with Crippen LogP contribution >= 0.6 is 0 Å². The van der Waals surface area contributed by atoms with Crippen LogP contribution in [-0.2, 0) is 11.3 Å². The van der Waals surface area contributed by atoms with Gasteiger partial charge in [0.2, 0.25) is 0 Å². The first-order valence-corrected chi connectivity index (χ1v) is 6.80. The molecule has 3 heteroatoms. The normalized spacial score (nSPS) is 21.1. The maximum absolute atomic E-state index is 10.3. The minimum Gasteiger partial charge on any atom is -0.485 e.